The van der Waals surface area contributed by atoms with Gasteiger partial charge in [0.15, 0.2) is 5.78 Å². The third-order valence-electron chi connectivity index (χ3n) is 4.67. The molecule has 0 fully saturated rings. The van der Waals surface area contributed by atoms with Gasteiger partial charge >= 0.3 is 0 Å². The number of furan rings is 1. The van der Waals surface area contributed by atoms with Gasteiger partial charge in [0.25, 0.3) is 0 Å². The fourth-order valence-electron chi connectivity index (χ4n) is 3.15. The van der Waals surface area contributed by atoms with Crippen LogP contribution in [0.2, 0.25) is 0 Å². The largest absolute Gasteiger partial charge is 0.456 e. The number of nitrogens with one attached hydrogen (secondary N) is 1. The maximum Gasteiger partial charge on any atom is 0.232 e. The molecule has 4 rings (SSSR count). The summed E-state index contributed by atoms with van der Waals surface area (Å²) in [6.07, 6.45) is -0.358. The summed E-state index contributed by atoms with van der Waals surface area (Å²) in [4.78, 5) is 24.8. The number of nitriles is 1. The Kier molecular flexibility index (Phi) is 5.02. The second-order valence-electron chi connectivity index (χ2n) is 6.79. The summed E-state index contributed by atoms with van der Waals surface area (Å²) in [6.45, 7) is 0. The molecule has 0 aliphatic rings. The van der Waals surface area contributed by atoms with Crippen LogP contribution in [0.3, 0.4) is 0 Å². The molecule has 1 heterocycles. The van der Waals surface area contributed by atoms with Gasteiger partial charge in [0.2, 0.25) is 5.91 Å². The maximum absolute atomic E-state index is 12.4. The number of rotatable bonds is 5. The second kappa shape index (κ2) is 7.94. The zero-order valence-corrected chi connectivity index (χ0v) is 15.9. The molecule has 0 bridgehead atoms. The van der Waals surface area contributed by atoms with Gasteiger partial charge in [-0.25, -0.2) is 0 Å². The van der Waals surface area contributed by atoms with Crippen molar-refractivity contribution in [1.82, 2.24) is 0 Å². The van der Waals surface area contributed by atoms with Crippen LogP contribution >= 0.6 is 0 Å². The minimum Gasteiger partial charge on any atom is -0.456 e. The molecule has 0 aliphatic heterocycles. The van der Waals surface area contributed by atoms with E-state index in [0.717, 1.165) is 16.5 Å². The van der Waals surface area contributed by atoms with Gasteiger partial charge in [0.05, 0.1) is 29.4 Å². The molecule has 0 unspecified atom stereocenters. The number of para-hydroxylation sites is 1. The van der Waals surface area contributed by atoms with Crippen molar-refractivity contribution < 1.29 is 14.0 Å². The van der Waals surface area contributed by atoms with E-state index in [0.29, 0.717) is 28.3 Å². The molecule has 6 heteroatoms. The molecule has 6 nitrogen and oxygen atoms in total. The van der Waals surface area contributed by atoms with Crippen molar-refractivity contribution in [3.8, 4) is 17.4 Å². The first-order chi connectivity index (χ1) is 14.5. The topological polar surface area (TPSA) is 109 Å². The fraction of sp³-hybridized carbons (Fsp3) is 0.0417. The number of carbonyl (C=O) groups is 2. The number of ketones is 1. The summed E-state index contributed by atoms with van der Waals surface area (Å²) in [5.41, 5.74) is 8.98. The molecular weight excluding hydrogens is 378 g/mol. The van der Waals surface area contributed by atoms with E-state index in [-0.39, 0.29) is 12.2 Å². The van der Waals surface area contributed by atoms with E-state index < -0.39 is 5.91 Å². The molecule has 30 heavy (non-hydrogen) atoms. The first kappa shape index (κ1) is 19.0. The number of fused-ring (bicyclic) bond motifs is 1. The van der Waals surface area contributed by atoms with Gasteiger partial charge in [-0.1, -0.05) is 30.3 Å². The molecule has 146 valence electrons. The number of amides is 1. The highest BCUT2D eigenvalue weighted by atomic mass is 16.3. The highest BCUT2D eigenvalue weighted by Crippen LogP contribution is 2.31. The van der Waals surface area contributed by atoms with Crippen molar-refractivity contribution in [3.05, 3.63) is 83.9 Å². The van der Waals surface area contributed by atoms with Crippen molar-refractivity contribution >= 4 is 34.0 Å². The predicted molar refractivity (Wildman–Crippen MR) is 115 cm³/mol. The Morgan fingerprint density at radius 1 is 1.00 bits per heavy atom. The van der Waals surface area contributed by atoms with Gasteiger partial charge in [0, 0.05) is 16.5 Å². The number of anilines is 2. The average Bonchev–Trinajstić information content (AvgIpc) is 3.19. The summed E-state index contributed by atoms with van der Waals surface area (Å²) in [5, 5.41) is 12.6. The minimum absolute atomic E-state index is 0.313. The van der Waals surface area contributed by atoms with E-state index in [1.54, 1.807) is 36.4 Å². The number of hydrogen-bond acceptors (Lipinski definition) is 5. The number of hydrogen-bond donors (Lipinski definition) is 2. The van der Waals surface area contributed by atoms with E-state index in [1.165, 1.54) is 6.07 Å². The van der Waals surface area contributed by atoms with Crippen LogP contribution in [-0.4, -0.2) is 11.7 Å². The van der Waals surface area contributed by atoms with Crippen molar-refractivity contribution in [2.45, 2.75) is 6.42 Å². The van der Waals surface area contributed by atoms with Crippen molar-refractivity contribution in [2.24, 2.45) is 0 Å². The van der Waals surface area contributed by atoms with E-state index >= 15 is 0 Å². The summed E-state index contributed by atoms with van der Waals surface area (Å²) in [6, 6.07) is 23.0. The third-order valence-corrected chi connectivity index (χ3v) is 4.67. The highest BCUT2D eigenvalue weighted by molar-refractivity contribution is 6.11. The molecule has 3 N–H and O–H groups in total. The minimum atomic E-state index is -0.490. The second-order valence-corrected chi connectivity index (χ2v) is 6.79. The Labute approximate surface area is 172 Å². The van der Waals surface area contributed by atoms with Gasteiger partial charge in [-0.05, 0) is 42.5 Å². The molecule has 0 spiro atoms. The van der Waals surface area contributed by atoms with Gasteiger partial charge in [0.1, 0.15) is 11.3 Å². The zero-order chi connectivity index (χ0) is 21.1. The SMILES string of the molecule is N#Cc1cccc(C(=O)CC(=O)Nc2cc(-c3cc4ccccc4o3)ccc2N)c1. The normalized spacial score (nSPS) is 10.5. The summed E-state index contributed by atoms with van der Waals surface area (Å²) < 4.78 is 5.86. The fourth-order valence-corrected chi connectivity index (χ4v) is 3.15. The molecule has 0 saturated carbocycles. The monoisotopic (exact) mass is 395 g/mol. The van der Waals surface area contributed by atoms with E-state index in [9.17, 15) is 9.59 Å². The lowest BCUT2D eigenvalue weighted by Crippen LogP contribution is -2.17. The predicted octanol–water partition coefficient (Wildman–Crippen LogP) is 4.77. The molecule has 4 aromatic rings. The van der Waals surface area contributed by atoms with Crippen LogP contribution in [0, 0.1) is 11.3 Å². The van der Waals surface area contributed by atoms with Gasteiger partial charge in [-0.3, -0.25) is 9.59 Å². The summed E-state index contributed by atoms with van der Waals surface area (Å²) in [7, 11) is 0. The van der Waals surface area contributed by atoms with Crippen LogP contribution < -0.4 is 11.1 Å². The smallest absolute Gasteiger partial charge is 0.232 e. The first-order valence-electron chi connectivity index (χ1n) is 9.25. The highest BCUT2D eigenvalue weighted by Gasteiger charge is 2.15. The van der Waals surface area contributed by atoms with Crippen LogP contribution in [0.4, 0.5) is 11.4 Å². The summed E-state index contributed by atoms with van der Waals surface area (Å²) >= 11 is 0. The quantitative estimate of drug-likeness (QED) is 0.287. The standard InChI is InChI=1S/C24H17N3O3/c25-14-15-4-3-6-16(10-15)21(28)13-24(29)27-20-11-18(8-9-19(20)26)23-12-17-5-1-2-7-22(17)30-23/h1-12H,13,26H2,(H,27,29). The molecule has 3 aromatic carbocycles. The number of nitrogens with zero attached hydrogens (tertiary/aromatic N) is 1. The lowest BCUT2D eigenvalue weighted by Gasteiger charge is -2.09. The molecule has 1 amide bonds. The number of nitrogens with two attached hydrogens (primary N) is 1. The molecule has 0 radical (unpaired) electrons. The van der Waals surface area contributed by atoms with Gasteiger partial charge in [-0.15, -0.1) is 0 Å². The first-order valence-corrected chi connectivity index (χ1v) is 9.25. The molecule has 0 saturated heterocycles. The number of nitrogen functional groups attached to an aromatic ring is 1. The lowest BCUT2D eigenvalue weighted by atomic mass is 10.1. The van der Waals surface area contributed by atoms with Crippen molar-refractivity contribution in [1.29, 1.82) is 5.26 Å². The van der Waals surface area contributed by atoms with Crippen molar-refractivity contribution in [2.75, 3.05) is 11.1 Å². The van der Waals surface area contributed by atoms with Crippen LogP contribution in [0.5, 0.6) is 0 Å². The Morgan fingerprint density at radius 3 is 2.63 bits per heavy atom. The molecule has 0 aliphatic carbocycles. The number of Topliss-reactive ketones (excluding diaryl/α,β-unsaturated/α-hetero) is 1. The van der Waals surface area contributed by atoms with Crippen LogP contribution in [-0.2, 0) is 4.79 Å². The zero-order valence-electron chi connectivity index (χ0n) is 15.9. The molecular formula is C24H17N3O3. The lowest BCUT2D eigenvalue weighted by molar-refractivity contribution is -0.115. The van der Waals surface area contributed by atoms with Crippen LogP contribution in [0.15, 0.2) is 77.2 Å². The molecule has 0 atom stereocenters. The molecule has 1 aromatic heterocycles. The number of benzene rings is 3. The van der Waals surface area contributed by atoms with Gasteiger partial charge in [-0.2, -0.15) is 5.26 Å². The van der Waals surface area contributed by atoms with E-state index in [1.807, 2.05) is 36.4 Å². The van der Waals surface area contributed by atoms with E-state index in [4.69, 9.17) is 15.4 Å². The average molecular weight is 395 g/mol. The maximum atomic E-state index is 12.4. The van der Waals surface area contributed by atoms with Gasteiger partial charge < -0.3 is 15.5 Å². The summed E-state index contributed by atoms with van der Waals surface area (Å²) in [5.74, 6) is -0.219. The Balaban J connectivity index is 1.52. The third kappa shape index (κ3) is 3.91. The number of carbonyl (C=O) groups excluding carboxylic acids is 2. The van der Waals surface area contributed by atoms with Crippen LogP contribution in [0.25, 0.3) is 22.3 Å². The van der Waals surface area contributed by atoms with Crippen LogP contribution in [0.1, 0.15) is 22.3 Å². The Morgan fingerprint density at radius 2 is 1.83 bits per heavy atom. The van der Waals surface area contributed by atoms with Crippen molar-refractivity contribution in [3.63, 3.8) is 0 Å². The van der Waals surface area contributed by atoms with E-state index in [2.05, 4.69) is 5.32 Å². The Hall–Kier alpha value is -4.37. The Bertz CT molecular complexity index is 1280.